The number of carbonyl (C=O) groups excluding carboxylic acids is 1. The van der Waals surface area contributed by atoms with Gasteiger partial charge in [-0.3, -0.25) is 9.78 Å². The summed E-state index contributed by atoms with van der Waals surface area (Å²) in [4.78, 5) is 16.7. The number of amides is 1. The third kappa shape index (κ3) is 4.61. The molecule has 5 heteroatoms. The van der Waals surface area contributed by atoms with Crippen molar-refractivity contribution in [2.75, 3.05) is 10.6 Å². The maximum absolute atomic E-state index is 12.5. The summed E-state index contributed by atoms with van der Waals surface area (Å²) in [6, 6.07) is 15.4. The van der Waals surface area contributed by atoms with Crippen LogP contribution in [0.15, 0.2) is 60.9 Å². The van der Waals surface area contributed by atoms with Crippen molar-refractivity contribution in [2.24, 2.45) is 0 Å². The minimum absolute atomic E-state index is 0.206. The molecule has 26 heavy (non-hydrogen) atoms. The van der Waals surface area contributed by atoms with Crippen molar-refractivity contribution in [2.45, 2.75) is 20.4 Å². The fraction of sp³-hybridized carbons (Fsp3) is 0.143. The number of benzene rings is 2. The predicted molar refractivity (Wildman–Crippen MR) is 107 cm³/mol. The average Bonchev–Trinajstić information content (AvgIpc) is 2.62. The molecule has 1 heterocycles. The molecule has 1 amide bonds. The molecule has 0 radical (unpaired) electrons. The van der Waals surface area contributed by atoms with Crippen LogP contribution in [0.5, 0.6) is 0 Å². The Balaban J connectivity index is 1.69. The summed E-state index contributed by atoms with van der Waals surface area (Å²) in [5.74, 6) is -0.206. The second-order valence-electron chi connectivity index (χ2n) is 6.22. The zero-order chi connectivity index (χ0) is 18.5. The molecule has 3 rings (SSSR count). The molecule has 1 aromatic heterocycles. The minimum Gasteiger partial charge on any atom is -0.380 e. The molecular formula is C21H20ClN3O. The first kappa shape index (κ1) is 18.0. The van der Waals surface area contributed by atoms with Crippen molar-refractivity contribution in [3.63, 3.8) is 0 Å². The maximum atomic E-state index is 12.5. The second kappa shape index (κ2) is 8.02. The van der Waals surface area contributed by atoms with Crippen LogP contribution in [0.3, 0.4) is 0 Å². The van der Waals surface area contributed by atoms with E-state index in [0.29, 0.717) is 17.1 Å². The number of pyridine rings is 1. The Kier molecular flexibility index (Phi) is 5.54. The van der Waals surface area contributed by atoms with Crippen molar-refractivity contribution in [1.29, 1.82) is 0 Å². The molecular weight excluding hydrogens is 346 g/mol. The average molecular weight is 366 g/mol. The Bertz CT molecular complexity index is 940. The number of anilines is 2. The van der Waals surface area contributed by atoms with Gasteiger partial charge in [-0.25, -0.2) is 0 Å². The SMILES string of the molecule is Cc1cccc(CNc2cncc(C(=O)Nc3ccc(Cl)cc3C)c2)c1. The van der Waals surface area contributed by atoms with Crippen LogP contribution in [0.1, 0.15) is 27.0 Å². The number of hydrogen-bond donors (Lipinski definition) is 2. The Morgan fingerprint density at radius 3 is 2.69 bits per heavy atom. The van der Waals surface area contributed by atoms with Gasteiger partial charge < -0.3 is 10.6 Å². The molecule has 0 atom stereocenters. The highest BCUT2D eigenvalue weighted by Crippen LogP contribution is 2.20. The van der Waals surface area contributed by atoms with Crippen LogP contribution in [-0.4, -0.2) is 10.9 Å². The standard InChI is InChI=1S/C21H20ClN3O/c1-14-4-3-5-16(8-14)11-24-19-10-17(12-23-13-19)21(26)25-20-7-6-18(22)9-15(20)2/h3-10,12-13,24H,11H2,1-2H3,(H,25,26). The van der Waals surface area contributed by atoms with Gasteiger partial charge >= 0.3 is 0 Å². The highest BCUT2D eigenvalue weighted by atomic mass is 35.5. The van der Waals surface area contributed by atoms with E-state index in [2.05, 4.69) is 40.7 Å². The van der Waals surface area contributed by atoms with Gasteiger partial charge in [0.1, 0.15) is 0 Å². The summed E-state index contributed by atoms with van der Waals surface area (Å²) < 4.78 is 0. The summed E-state index contributed by atoms with van der Waals surface area (Å²) in [5.41, 5.74) is 5.33. The van der Waals surface area contributed by atoms with Gasteiger partial charge in [0.25, 0.3) is 5.91 Å². The number of nitrogens with one attached hydrogen (secondary N) is 2. The van der Waals surface area contributed by atoms with Gasteiger partial charge in [0.05, 0.1) is 11.3 Å². The number of aryl methyl sites for hydroxylation is 2. The lowest BCUT2D eigenvalue weighted by Crippen LogP contribution is -2.13. The summed E-state index contributed by atoms with van der Waals surface area (Å²) in [6.07, 6.45) is 3.26. The molecule has 0 unspecified atom stereocenters. The van der Waals surface area contributed by atoms with E-state index < -0.39 is 0 Å². The van der Waals surface area contributed by atoms with Crippen LogP contribution in [0, 0.1) is 13.8 Å². The predicted octanol–water partition coefficient (Wildman–Crippen LogP) is 5.22. The van der Waals surface area contributed by atoms with Crippen LogP contribution in [0.2, 0.25) is 5.02 Å². The van der Waals surface area contributed by atoms with Gasteiger partial charge in [0, 0.05) is 29.6 Å². The van der Waals surface area contributed by atoms with Crippen molar-refractivity contribution >= 4 is 28.9 Å². The van der Waals surface area contributed by atoms with E-state index in [0.717, 1.165) is 16.9 Å². The van der Waals surface area contributed by atoms with E-state index in [-0.39, 0.29) is 5.91 Å². The molecule has 4 nitrogen and oxygen atoms in total. The molecule has 0 aliphatic heterocycles. The smallest absolute Gasteiger partial charge is 0.257 e. The van der Waals surface area contributed by atoms with Crippen LogP contribution in [0.4, 0.5) is 11.4 Å². The van der Waals surface area contributed by atoms with E-state index in [1.807, 2.05) is 19.1 Å². The van der Waals surface area contributed by atoms with Crippen LogP contribution in [-0.2, 0) is 6.54 Å². The lowest BCUT2D eigenvalue weighted by molar-refractivity contribution is 0.102. The lowest BCUT2D eigenvalue weighted by atomic mass is 10.1. The Morgan fingerprint density at radius 1 is 1.08 bits per heavy atom. The molecule has 0 fully saturated rings. The van der Waals surface area contributed by atoms with Crippen molar-refractivity contribution in [1.82, 2.24) is 4.98 Å². The van der Waals surface area contributed by atoms with Gasteiger partial charge in [-0.2, -0.15) is 0 Å². The monoisotopic (exact) mass is 365 g/mol. The first-order valence-electron chi connectivity index (χ1n) is 8.33. The quantitative estimate of drug-likeness (QED) is 0.652. The van der Waals surface area contributed by atoms with Crippen molar-refractivity contribution in [3.8, 4) is 0 Å². The third-order valence-electron chi connectivity index (χ3n) is 4.02. The van der Waals surface area contributed by atoms with Gasteiger partial charge in [-0.1, -0.05) is 41.4 Å². The number of aromatic nitrogens is 1. The minimum atomic E-state index is -0.206. The topological polar surface area (TPSA) is 54.0 Å². The molecule has 2 N–H and O–H groups in total. The molecule has 0 saturated heterocycles. The molecule has 2 aromatic carbocycles. The molecule has 132 valence electrons. The Labute approximate surface area is 158 Å². The molecule has 0 saturated carbocycles. The van der Waals surface area contributed by atoms with Crippen molar-refractivity contribution < 1.29 is 4.79 Å². The van der Waals surface area contributed by atoms with Crippen LogP contribution in [0.25, 0.3) is 0 Å². The van der Waals surface area contributed by atoms with Crippen LogP contribution >= 0.6 is 11.6 Å². The molecule has 0 aliphatic rings. The highest BCUT2D eigenvalue weighted by molar-refractivity contribution is 6.30. The number of carbonyl (C=O) groups is 1. The van der Waals surface area contributed by atoms with E-state index in [1.54, 1.807) is 30.6 Å². The van der Waals surface area contributed by atoms with Gasteiger partial charge in [0.2, 0.25) is 0 Å². The second-order valence-corrected chi connectivity index (χ2v) is 6.65. The number of halogens is 1. The number of hydrogen-bond acceptors (Lipinski definition) is 3. The van der Waals surface area contributed by atoms with E-state index in [9.17, 15) is 4.79 Å². The van der Waals surface area contributed by atoms with E-state index >= 15 is 0 Å². The summed E-state index contributed by atoms with van der Waals surface area (Å²) in [5, 5.41) is 6.85. The van der Waals surface area contributed by atoms with E-state index in [4.69, 9.17) is 11.6 Å². The summed E-state index contributed by atoms with van der Waals surface area (Å²) >= 11 is 5.96. The zero-order valence-corrected chi connectivity index (χ0v) is 15.5. The highest BCUT2D eigenvalue weighted by Gasteiger charge is 2.09. The molecule has 0 bridgehead atoms. The summed E-state index contributed by atoms with van der Waals surface area (Å²) in [6.45, 7) is 4.64. The maximum Gasteiger partial charge on any atom is 0.257 e. The number of nitrogens with zero attached hydrogens (tertiary/aromatic N) is 1. The fourth-order valence-corrected chi connectivity index (χ4v) is 2.88. The van der Waals surface area contributed by atoms with Gasteiger partial charge in [-0.05, 0) is 49.2 Å². The Morgan fingerprint density at radius 2 is 1.92 bits per heavy atom. The number of rotatable bonds is 5. The normalized spacial score (nSPS) is 10.4. The Hall–Kier alpha value is -2.85. The first-order chi connectivity index (χ1) is 12.5. The lowest BCUT2D eigenvalue weighted by Gasteiger charge is -2.10. The van der Waals surface area contributed by atoms with E-state index in [1.165, 1.54) is 11.1 Å². The largest absolute Gasteiger partial charge is 0.380 e. The summed E-state index contributed by atoms with van der Waals surface area (Å²) in [7, 11) is 0. The zero-order valence-electron chi connectivity index (χ0n) is 14.7. The fourth-order valence-electron chi connectivity index (χ4n) is 2.65. The molecule has 3 aromatic rings. The van der Waals surface area contributed by atoms with Gasteiger partial charge in [-0.15, -0.1) is 0 Å². The van der Waals surface area contributed by atoms with Crippen LogP contribution < -0.4 is 10.6 Å². The molecule has 0 spiro atoms. The molecule has 0 aliphatic carbocycles. The third-order valence-corrected chi connectivity index (χ3v) is 4.25. The van der Waals surface area contributed by atoms with Gasteiger partial charge in [0.15, 0.2) is 0 Å². The van der Waals surface area contributed by atoms with Crippen molar-refractivity contribution in [3.05, 3.63) is 88.2 Å². The first-order valence-corrected chi connectivity index (χ1v) is 8.71.